The molecule has 4 rings (SSSR count). The van der Waals surface area contributed by atoms with Crippen molar-refractivity contribution in [3.63, 3.8) is 0 Å². The van der Waals surface area contributed by atoms with Gasteiger partial charge in [0.25, 0.3) is 0 Å². The highest BCUT2D eigenvalue weighted by Crippen LogP contribution is 2.44. The molecule has 2 unspecified atom stereocenters. The van der Waals surface area contributed by atoms with Crippen molar-refractivity contribution in [1.82, 2.24) is 19.7 Å². The van der Waals surface area contributed by atoms with E-state index in [1.165, 1.54) is 18.5 Å². The fourth-order valence-electron chi connectivity index (χ4n) is 4.06. The monoisotopic (exact) mass is 294 g/mol. The molecular formula is C16H18N6. The van der Waals surface area contributed by atoms with Crippen LogP contribution >= 0.6 is 0 Å². The average Bonchev–Trinajstić information content (AvgIpc) is 3.08. The van der Waals surface area contributed by atoms with Gasteiger partial charge in [0.05, 0.1) is 0 Å². The third-order valence-corrected chi connectivity index (χ3v) is 5.00. The van der Waals surface area contributed by atoms with Gasteiger partial charge in [-0.1, -0.05) is 0 Å². The van der Waals surface area contributed by atoms with E-state index in [4.69, 9.17) is 5.26 Å². The van der Waals surface area contributed by atoms with Crippen molar-refractivity contribution in [1.29, 1.82) is 5.26 Å². The van der Waals surface area contributed by atoms with E-state index in [1.807, 2.05) is 17.9 Å². The number of hydrogen-bond donors (Lipinski definition) is 0. The predicted octanol–water partition coefficient (Wildman–Crippen LogP) is 2.00. The Hall–Kier alpha value is -2.42. The first kappa shape index (κ1) is 13.3. The summed E-state index contributed by atoms with van der Waals surface area (Å²) in [5.41, 5.74) is 1.77. The molecule has 2 aliphatic rings. The number of aromatic nitrogens is 4. The minimum atomic E-state index is 0.443. The molecule has 0 radical (unpaired) electrons. The maximum Gasteiger partial charge on any atom is 0.227 e. The van der Waals surface area contributed by atoms with Gasteiger partial charge in [-0.25, -0.2) is 9.97 Å². The average molecular weight is 294 g/mol. The number of anilines is 1. The first-order valence-electron chi connectivity index (χ1n) is 7.75. The summed E-state index contributed by atoms with van der Waals surface area (Å²) in [4.78, 5) is 11.1. The molecular weight excluding hydrogens is 276 g/mol. The number of nitrogens with zero attached hydrogens (tertiary/aromatic N) is 6. The summed E-state index contributed by atoms with van der Waals surface area (Å²) in [6.45, 7) is 0. The van der Waals surface area contributed by atoms with Gasteiger partial charge in [-0.05, 0) is 37.8 Å². The molecule has 0 aliphatic carbocycles. The van der Waals surface area contributed by atoms with Crippen LogP contribution in [0.2, 0.25) is 0 Å². The Kier molecular flexibility index (Phi) is 3.07. The minimum Gasteiger partial charge on any atom is -0.335 e. The Bertz CT molecular complexity index is 716. The molecule has 6 heteroatoms. The molecule has 0 spiro atoms. The maximum absolute atomic E-state index is 9.04. The maximum atomic E-state index is 9.04. The summed E-state index contributed by atoms with van der Waals surface area (Å²) in [5, 5.41) is 13.3. The molecule has 0 N–H and O–H groups in total. The van der Waals surface area contributed by atoms with Crippen molar-refractivity contribution in [2.75, 3.05) is 4.90 Å². The molecule has 2 aromatic heterocycles. The number of rotatable bonds is 2. The van der Waals surface area contributed by atoms with E-state index in [1.54, 1.807) is 12.3 Å². The highest BCUT2D eigenvalue weighted by Gasteiger charge is 2.43. The molecule has 2 aliphatic heterocycles. The van der Waals surface area contributed by atoms with Gasteiger partial charge < -0.3 is 4.90 Å². The van der Waals surface area contributed by atoms with Crippen LogP contribution in [0.15, 0.2) is 24.5 Å². The van der Waals surface area contributed by atoms with E-state index < -0.39 is 0 Å². The summed E-state index contributed by atoms with van der Waals surface area (Å²) in [6.07, 6.45) is 8.14. The topological polar surface area (TPSA) is 70.6 Å². The van der Waals surface area contributed by atoms with E-state index >= 15 is 0 Å². The Morgan fingerprint density at radius 3 is 2.59 bits per heavy atom. The SMILES string of the molecule is Cn1nccc1C1CC2CCC(C1)N2c1nccc(C#N)n1. The van der Waals surface area contributed by atoms with Crippen LogP contribution < -0.4 is 4.90 Å². The van der Waals surface area contributed by atoms with Crippen LogP contribution in [0, 0.1) is 11.3 Å². The van der Waals surface area contributed by atoms with Crippen molar-refractivity contribution in [3.05, 3.63) is 35.9 Å². The van der Waals surface area contributed by atoms with Crippen molar-refractivity contribution < 1.29 is 0 Å². The van der Waals surface area contributed by atoms with Crippen molar-refractivity contribution in [2.24, 2.45) is 7.05 Å². The molecule has 2 atom stereocenters. The summed E-state index contributed by atoms with van der Waals surface area (Å²) in [6, 6.07) is 6.83. The number of hydrogen-bond acceptors (Lipinski definition) is 5. The van der Waals surface area contributed by atoms with Gasteiger partial charge in [0.2, 0.25) is 5.95 Å². The van der Waals surface area contributed by atoms with Gasteiger partial charge in [-0.15, -0.1) is 0 Å². The highest BCUT2D eigenvalue weighted by atomic mass is 15.3. The Labute approximate surface area is 129 Å². The lowest BCUT2D eigenvalue weighted by Gasteiger charge is -2.39. The van der Waals surface area contributed by atoms with E-state index in [2.05, 4.69) is 32.1 Å². The van der Waals surface area contributed by atoms with Gasteiger partial charge >= 0.3 is 0 Å². The fourth-order valence-corrected chi connectivity index (χ4v) is 4.06. The third-order valence-electron chi connectivity index (χ3n) is 5.00. The van der Waals surface area contributed by atoms with Crippen molar-refractivity contribution in [3.8, 4) is 6.07 Å². The molecule has 2 saturated heterocycles. The summed E-state index contributed by atoms with van der Waals surface area (Å²) >= 11 is 0. The number of nitriles is 1. The zero-order valence-electron chi connectivity index (χ0n) is 12.6. The second-order valence-corrected chi connectivity index (χ2v) is 6.19. The molecule has 2 fully saturated rings. The van der Waals surface area contributed by atoms with Crippen LogP contribution in [0.5, 0.6) is 0 Å². The lowest BCUT2D eigenvalue weighted by Crippen LogP contribution is -2.43. The minimum absolute atomic E-state index is 0.443. The van der Waals surface area contributed by atoms with Crippen molar-refractivity contribution in [2.45, 2.75) is 43.7 Å². The van der Waals surface area contributed by atoms with E-state index in [-0.39, 0.29) is 0 Å². The van der Waals surface area contributed by atoms with Crippen LogP contribution in [0.25, 0.3) is 0 Å². The molecule has 6 nitrogen and oxygen atoms in total. The lowest BCUT2D eigenvalue weighted by atomic mass is 9.88. The van der Waals surface area contributed by atoms with E-state index in [0.29, 0.717) is 23.7 Å². The third kappa shape index (κ3) is 2.05. The van der Waals surface area contributed by atoms with E-state index in [0.717, 1.165) is 18.8 Å². The summed E-state index contributed by atoms with van der Waals surface area (Å²) in [7, 11) is 2.02. The number of aryl methyl sites for hydroxylation is 1. The zero-order chi connectivity index (χ0) is 15.1. The van der Waals surface area contributed by atoms with Crippen LogP contribution in [0.4, 0.5) is 5.95 Å². The molecule has 0 saturated carbocycles. The number of fused-ring (bicyclic) bond motifs is 2. The second kappa shape index (κ2) is 5.09. The molecule has 4 heterocycles. The highest BCUT2D eigenvalue weighted by molar-refractivity contribution is 5.40. The normalized spacial score (nSPS) is 26.9. The molecule has 2 bridgehead atoms. The van der Waals surface area contributed by atoms with Gasteiger partial charge in [0.1, 0.15) is 11.8 Å². The van der Waals surface area contributed by atoms with Gasteiger partial charge in [0.15, 0.2) is 0 Å². The predicted molar refractivity (Wildman–Crippen MR) is 81.2 cm³/mol. The molecule has 0 amide bonds. The smallest absolute Gasteiger partial charge is 0.227 e. The largest absolute Gasteiger partial charge is 0.335 e. The Morgan fingerprint density at radius 1 is 1.18 bits per heavy atom. The lowest BCUT2D eigenvalue weighted by molar-refractivity contribution is 0.395. The van der Waals surface area contributed by atoms with Crippen molar-refractivity contribution >= 4 is 5.95 Å². The number of piperidine rings is 1. The Balaban J connectivity index is 1.61. The van der Waals surface area contributed by atoms with Crippen LogP contribution in [0.3, 0.4) is 0 Å². The zero-order valence-corrected chi connectivity index (χ0v) is 12.6. The Morgan fingerprint density at radius 2 is 1.95 bits per heavy atom. The first-order valence-corrected chi connectivity index (χ1v) is 7.75. The molecule has 0 aromatic carbocycles. The quantitative estimate of drug-likeness (QED) is 0.847. The van der Waals surface area contributed by atoms with Crippen LogP contribution in [-0.4, -0.2) is 31.8 Å². The van der Waals surface area contributed by atoms with Gasteiger partial charge in [0, 0.05) is 43.1 Å². The van der Waals surface area contributed by atoms with Gasteiger partial charge in [-0.2, -0.15) is 10.4 Å². The second-order valence-electron chi connectivity index (χ2n) is 6.19. The molecule has 22 heavy (non-hydrogen) atoms. The fraction of sp³-hybridized carbons (Fsp3) is 0.500. The standard InChI is InChI=1S/C16H18N6/c1-21-15(5-7-19-21)11-8-13-2-3-14(9-11)22(13)16-18-6-4-12(10-17)20-16/h4-7,11,13-14H,2-3,8-9H2,1H3. The van der Waals surface area contributed by atoms with Crippen LogP contribution in [0.1, 0.15) is 43.0 Å². The van der Waals surface area contributed by atoms with Crippen LogP contribution in [-0.2, 0) is 7.05 Å². The summed E-state index contributed by atoms with van der Waals surface area (Å²) in [5.74, 6) is 1.27. The first-order chi connectivity index (χ1) is 10.8. The summed E-state index contributed by atoms with van der Waals surface area (Å²) < 4.78 is 1.99. The molecule has 2 aromatic rings. The van der Waals surface area contributed by atoms with Gasteiger partial charge in [-0.3, -0.25) is 4.68 Å². The molecule has 112 valence electrons. The van der Waals surface area contributed by atoms with E-state index in [9.17, 15) is 0 Å².